The van der Waals surface area contributed by atoms with Gasteiger partial charge in [-0.05, 0) is 43.5 Å². The van der Waals surface area contributed by atoms with Gasteiger partial charge >= 0.3 is 0 Å². The van der Waals surface area contributed by atoms with Crippen molar-refractivity contribution < 1.29 is 9.84 Å². The van der Waals surface area contributed by atoms with Crippen LogP contribution in [0.1, 0.15) is 43.6 Å². The van der Waals surface area contributed by atoms with Crippen LogP contribution in [0.5, 0.6) is 0 Å². The second kappa shape index (κ2) is 12.0. The zero-order chi connectivity index (χ0) is 19.3. The zero-order valence-electron chi connectivity index (χ0n) is 16.1. The summed E-state index contributed by atoms with van der Waals surface area (Å²) in [5.41, 5.74) is 2.00. The molecule has 0 spiro atoms. The van der Waals surface area contributed by atoms with Crippen LogP contribution in [-0.4, -0.2) is 42.3 Å². The number of hydrogen-bond acceptors (Lipinski definition) is 4. The highest BCUT2D eigenvalue weighted by Crippen LogP contribution is 2.15. The largest absolute Gasteiger partial charge is 0.386 e. The van der Waals surface area contributed by atoms with Crippen molar-refractivity contribution in [3.63, 3.8) is 0 Å². The van der Waals surface area contributed by atoms with Crippen molar-refractivity contribution in [1.29, 1.82) is 0 Å². The third kappa shape index (κ3) is 7.76. The number of benzene rings is 1. The van der Waals surface area contributed by atoms with Gasteiger partial charge in [-0.2, -0.15) is 0 Å². The Hall–Kier alpha value is -2.44. The minimum atomic E-state index is -0.640. The second-order valence-electron chi connectivity index (χ2n) is 6.22. The molecule has 2 unspecified atom stereocenters. The number of aliphatic hydroxyl groups is 1. The maximum absolute atomic E-state index is 10.2. The van der Waals surface area contributed by atoms with E-state index in [1.54, 1.807) is 24.5 Å². The lowest BCUT2D eigenvalue weighted by molar-refractivity contribution is 0.0646. The minimum absolute atomic E-state index is 0.0867. The number of guanidine groups is 1. The number of nitrogens with one attached hydrogen (secondary N) is 2. The van der Waals surface area contributed by atoms with Crippen molar-refractivity contribution in [2.24, 2.45) is 4.99 Å². The van der Waals surface area contributed by atoms with Crippen molar-refractivity contribution in [3.05, 3.63) is 66.0 Å². The maximum Gasteiger partial charge on any atom is 0.191 e. The van der Waals surface area contributed by atoms with E-state index in [2.05, 4.69) is 39.7 Å². The van der Waals surface area contributed by atoms with Crippen LogP contribution in [-0.2, 0) is 4.74 Å². The van der Waals surface area contributed by atoms with Gasteiger partial charge in [0.15, 0.2) is 5.96 Å². The number of hydrogen-bond donors (Lipinski definition) is 3. The third-order valence-corrected chi connectivity index (χ3v) is 4.11. The summed E-state index contributed by atoms with van der Waals surface area (Å²) >= 11 is 0. The van der Waals surface area contributed by atoms with Gasteiger partial charge in [-0.25, -0.2) is 0 Å². The van der Waals surface area contributed by atoms with Crippen LogP contribution in [0.25, 0.3) is 0 Å². The van der Waals surface area contributed by atoms with Gasteiger partial charge in [-0.3, -0.25) is 9.98 Å². The molecule has 3 N–H and O–H groups in total. The predicted molar refractivity (Wildman–Crippen MR) is 109 cm³/mol. The molecule has 27 heavy (non-hydrogen) atoms. The molecule has 6 heteroatoms. The molecule has 2 atom stereocenters. The molecule has 1 aromatic carbocycles. The van der Waals surface area contributed by atoms with E-state index in [0.717, 1.165) is 25.1 Å². The molecule has 0 saturated carbocycles. The van der Waals surface area contributed by atoms with E-state index in [1.165, 1.54) is 5.56 Å². The quantitative estimate of drug-likeness (QED) is 0.340. The van der Waals surface area contributed by atoms with E-state index in [1.807, 2.05) is 25.1 Å². The summed E-state index contributed by atoms with van der Waals surface area (Å²) < 4.78 is 5.88. The molecule has 2 aromatic rings. The van der Waals surface area contributed by atoms with E-state index in [0.29, 0.717) is 19.1 Å². The van der Waals surface area contributed by atoms with Gasteiger partial charge in [-0.1, -0.05) is 30.3 Å². The van der Waals surface area contributed by atoms with Gasteiger partial charge in [0.05, 0.1) is 18.8 Å². The fourth-order valence-corrected chi connectivity index (χ4v) is 2.57. The Bertz CT molecular complexity index is 664. The van der Waals surface area contributed by atoms with Crippen molar-refractivity contribution in [3.8, 4) is 0 Å². The Morgan fingerprint density at radius 3 is 2.56 bits per heavy atom. The molecule has 0 saturated heterocycles. The summed E-state index contributed by atoms with van der Waals surface area (Å²) in [7, 11) is 0. The molecule has 146 valence electrons. The summed E-state index contributed by atoms with van der Waals surface area (Å²) in [5, 5.41) is 16.7. The van der Waals surface area contributed by atoms with Crippen molar-refractivity contribution in [2.45, 2.75) is 32.5 Å². The number of ether oxygens (including phenoxy) is 1. The minimum Gasteiger partial charge on any atom is -0.386 e. The lowest BCUT2D eigenvalue weighted by Crippen LogP contribution is -2.38. The van der Waals surface area contributed by atoms with Crippen molar-refractivity contribution in [1.82, 2.24) is 15.6 Å². The maximum atomic E-state index is 10.2. The molecule has 0 fully saturated rings. The molecular formula is C21H30N4O2. The van der Waals surface area contributed by atoms with E-state index in [-0.39, 0.29) is 6.10 Å². The summed E-state index contributed by atoms with van der Waals surface area (Å²) in [6.45, 7) is 6.55. The van der Waals surface area contributed by atoms with Crippen LogP contribution in [0.15, 0.2) is 59.9 Å². The Balaban J connectivity index is 1.70. The molecule has 0 bridgehead atoms. The summed E-state index contributed by atoms with van der Waals surface area (Å²) in [4.78, 5) is 8.41. The molecular weight excluding hydrogens is 340 g/mol. The van der Waals surface area contributed by atoms with Crippen LogP contribution in [0.2, 0.25) is 0 Å². The van der Waals surface area contributed by atoms with Crippen LogP contribution in [0.4, 0.5) is 0 Å². The average Bonchev–Trinajstić information content (AvgIpc) is 2.72. The van der Waals surface area contributed by atoms with E-state index < -0.39 is 6.10 Å². The van der Waals surface area contributed by atoms with Crippen LogP contribution < -0.4 is 10.6 Å². The normalized spacial score (nSPS) is 13.8. The summed E-state index contributed by atoms with van der Waals surface area (Å²) in [6.07, 6.45) is 3.65. The Kier molecular flexibility index (Phi) is 9.30. The Morgan fingerprint density at radius 2 is 1.85 bits per heavy atom. The SMILES string of the molecule is CCNC(=NCC(O)c1ccncc1)NCCCOC(C)c1ccccc1. The summed E-state index contributed by atoms with van der Waals surface area (Å²) in [5.74, 6) is 0.696. The van der Waals surface area contributed by atoms with Gasteiger partial charge in [-0.15, -0.1) is 0 Å². The predicted octanol–water partition coefficient (Wildman–Crippen LogP) is 2.84. The highest BCUT2D eigenvalue weighted by Gasteiger charge is 2.07. The lowest BCUT2D eigenvalue weighted by atomic mass is 10.1. The van der Waals surface area contributed by atoms with Crippen molar-refractivity contribution >= 4 is 5.96 Å². The molecule has 0 aliphatic heterocycles. The first-order valence-electron chi connectivity index (χ1n) is 9.47. The van der Waals surface area contributed by atoms with Gasteiger partial charge in [0, 0.05) is 32.1 Å². The highest BCUT2D eigenvalue weighted by atomic mass is 16.5. The van der Waals surface area contributed by atoms with Crippen LogP contribution >= 0.6 is 0 Å². The van der Waals surface area contributed by atoms with Crippen molar-refractivity contribution in [2.75, 3.05) is 26.2 Å². The average molecular weight is 370 g/mol. The number of aliphatic imine (C=N–C) groups is 1. The van der Waals surface area contributed by atoms with E-state index >= 15 is 0 Å². The molecule has 0 radical (unpaired) electrons. The molecule has 0 aliphatic carbocycles. The first kappa shape index (κ1) is 20.9. The Labute approximate surface area is 161 Å². The topological polar surface area (TPSA) is 78.8 Å². The van der Waals surface area contributed by atoms with Gasteiger partial charge < -0.3 is 20.5 Å². The molecule has 0 aliphatic rings. The molecule has 2 rings (SSSR count). The molecule has 6 nitrogen and oxygen atoms in total. The van der Waals surface area contributed by atoms with E-state index in [9.17, 15) is 5.11 Å². The highest BCUT2D eigenvalue weighted by molar-refractivity contribution is 5.79. The third-order valence-electron chi connectivity index (χ3n) is 4.11. The first-order valence-corrected chi connectivity index (χ1v) is 9.47. The van der Waals surface area contributed by atoms with Gasteiger partial charge in [0.25, 0.3) is 0 Å². The smallest absolute Gasteiger partial charge is 0.191 e. The van der Waals surface area contributed by atoms with E-state index in [4.69, 9.17) is 4.74 Å². The van der Waals surface area contributed by atoms with Crippen LogP contribution in [0.3, 0.4) is 0 Å². The van der Waals surface area contributed by atoms with Gasteiger partial charge in [0.1, 0.15) is 0 Å². The number of rotatable bonds is 10. The lowest BCUT2D eigenvalue weighted by Gasteiger charge is -2.15. The number of nitrogens with zero attached hydrogens (tertiary/aromatic N) is 2. The second-order valence-corrected chi connectivity index (χ2v) is 6.22. The standard InChI is InChI=1S/C21H30N4O2/c1-3-23-21(25-16-20(26)19-10-13-22-14-11-19)24-12-7-15-27-17(2)18-8-5-4-6-9-18/h4-6,8-11,13-14,17,20,26H,3,7,12,15-16H2,1-2H3,(H2,23,24,25). The number of aliphatic hydroxyl groups excluding tert-OH is 1. The summed E-state index contributed by atoms with van der Waals surface area (Å²) in [6, 6.07) is 13.8. The molecule has 1 aromatic heterocycles. The first-order chi connectivity index (χ1) is 13.2. The Morgan fingerprint density at radius 1 is 1.11 bits per heavy atom. The number of aromatic nitrogens is 1. The van der Waals surface area contributed by atoms with Gasteiger partial charge in [0.2, 0.25) is 0 Å². The fraction of sp³-hybridized carbons (Fsp3) is 0.429. The zero-order valence-corrected chi connectivity index (χ0v) is 16.1. The molecule has 1 heterocycles. The monoisotopic (exact) mass is 370 g/mol. The van der Waals surface area contributed by atoms with Crippen LogP contribution in [0, 0.1) is 0 Å². The molecule has 0 amide bonds. The fourth-order valence-electron chi connectivity index (χ4n) is 2.57. The number of pyridine rings is 1.